The number of carbonyl (C=O) groups is 2. The number of rotatable bonds is 0. The first-order valence-electron chi connectivity index (χ1n) is 9.13. The smallest absolute Gasteiger partial charge is 0.141 e. The molecule has 112 valence electrons. The summed E-state index contributed by atoms with van der Waals surface area (Å²) in [5.74, 6) is 2.78. The standard InChI is InChI=1S/C20H20O2/c21-17-13-9-1-2-10(19(9)5-6-19)14(13)18(22)16-12-4-3-11(15(16)17)20(12)7-8-20/h1-4,9-16H,5-8H2/t9-,10-,11-,12-,13-,14+,15+,16-/m1/s1. The van der Waals surface area contributed by atoms with Gasteiger partial charge in [0.25, 0.3) is 0 Å². The Morgan fingerprint density at radius 3 is 1.09 bits per heavy atom. The predicted octanol–water partition coefficient (Wildman–Crippen LogP) is 2.80. The van der Waals surface area contributed by atoms with Crippen molar-refractivity contribution in [3.8, 4) is 0 Å². The van der Waals surface area contributed by atoms with E-state index in [1.54, 1.807) is 0 Å². The maximum absolute atomic E-state index is 13.4. The first kappa shape index (κ1) is 11.4. The summed E-state index contributed by atoms with van der Waals surface area (Å²) < 4.78 is 0. The number of carbonyl (C=O) groups excluding carboxylic acids is 2. The van der Waals surface area contributed by atoms with Gasteiger partial charge in [-0.3, -0.25) is 9.59 Å². The van der Waals surface area contributed by atoms with Crippen molar-refractivity contribution >= 4 is 11.6 Å². The average Bonchev–Trinajstić information content (AvgIpc) is 3.37. The first-order valence-corrected chi connectivity index (χ1v) is 9.13. The van der Waals surface area contributed by atoms with E-state index in [-0.39, 0.29) is 23.7 Å². The molecule has 2 heteroatoms. The molecule has 0 amide bonds. The molecule has 5 saturated carbocycles. The summed E-state index contributed by atoms with van der Waals surface area (Å²) >= 11 is 0. The fraction of sp³-hybridized carbons (Fsp3) is 0.700. The molecular weight excluding hydrogens is 272 g/mol. The van der Waals surface area contributed by atoms with Crippen LogP contribution >= 0.6 is 0 Å². The Morgan fingerprint density at radius 2 is 0.864 bits per heavy atom. The average molecular weight is 292 g/mol. The molecule has 0 heterocycles. The Hall–Kier alpha value is -1.18. The van der Waals surface area contributed by atoms with Gasteiger partial charge in [-0.2, -0.15) is 0 Å². The molecule has 7 rings (SSSR count). The summed E-state index contributed by atoms with van der Waals surface area (Å²) in [6.07, 6.45) is 14.2. The number of ketones is 2. The first-order chi connectivity index (χ1) is 10.7. The fourth-order valence-corrected chi connectivity index (χ4v) is 7.97. The Morgan fingerprint density at radius 1 is 0.591 bits per heavy atom. The summed E-state index contributed by atoms with van der Waals surface area (Å²) in [7, 11) is 0. The highest BCUT2D eigenvalue weighted by Crippen LogP contribution is 2.78. The molecule has 2 nitrogen and oxygen atoms in total. The molecule has 7 aliphatic rings. The summed E-state index contributed by atoms with van der Waals surface area (Å²) in [4.78, 5) is 26.8. The van der Waals surface area contributed by atoms with Crippen LogP contribution in [0.2, 0.25) is 0 Å². The predicted molar refractivity (Wildman–Crippen MR) is 79.5 cm³/mol. The van der Waals surface area contributed by atoms with Gasteiger partial charge in [-0.05, 0) is 60.2 Å². The monoisotopic (exact) mass is 292 g/mol. The summed E-state index contributed by atoms with van der Waals surface area (Å²) in [5, 5.41) is 0. The van der Waals surface area contributed by atoms with Crippen LogP contribution in [0.4, 0.5) is 0 Å². The third-order valence-electron chi connectivity index (χ3n) is 9.00. The molecule has 22 heavy (non-hydrogen) atoms. The van der Waals surface area contributed by atoms with Crippen molar-refractivity contribution in [2.75, 3.05) is 0 Å². The van der Waals surface area contributed by atoms with Gasteiger partial charge >= 0.3 is 0 Å². The van der Waals surface area contributed by atoms with E-state index in [4.69, 9.17) is 0 Å². The topological polar surface area (TPSA) is 34.1 Å². The molecular formula is C20H20O2. The highest BCUT2D eigenvalue weighted by molar-refractivity contribution is 6.03. The molecule has 0 aromatic carbocycles. The summed E-state index contributed by atoms with van der Waals surface area (Å²) in [6.45, 7) is 0. The van der Waals surface area contributed by atoms with Gasteiger partial charge in [0, 0.05) is 23.7 Å². The normalized spacial score (nSPS) is 58.7. The fourth-order valence-electron chi connectivity index (χ4n) is 7.97. The van der Waals surface area contributed by atoms with Gasteiger partial charge in [0.15, 0.2) is 0 Å². The van der Waals surface area contributed by atoms with E-state index in [9.17, 15) is 9.59 Å². The Bertz CT molecular complexity index is 610. The van der Waals surface area contributed by atoms with Gasteiger partial charge in [0.05, 0.1) is 0 Å². The van der Waals surface area contributed by atoms with Crippen LogP contribution in [0.25, 0.3) is 0 Å². The highest BCUT2D eigenvalue weighted by Gasteiger charge is 2.78. The molecule has 0 aliphatic heterocycles. The maximum atomic E-state index is 13.4. The van der Waals surface area contributed by atoms with E-state index in [0.29, 0.717) is 46.1 Å². The molecule has 2 spiro atoms. The van der Waals surface area contributed by atoms with Crippen molar-refractivity contribution in [2.45, 2.75) is 25.7 Å². The Balaban J connectivity index is 1.41. The van der Waals surface area contributed by atoms with Crippen molar-refractivity contribution in [1.82, 2.24) is 0 Å². The lowest BCUT2D eigenvalue weighted by Gasteiger charge is -2.40. The quantitative estimate of drug-likeness (QED) is 0.643. The molecule has 7 aliphatic carbocycles. The molecule has 0 radical (unpaired) electrons. The van der Waals surface area contributed by atoms with Crippen LogP contribution < -0.4 is 0 Å². The van der Waals surface area contributed by atoms with Crippen LogP contribution in [0.5, 0.6) is 0 Å². The lowest BCUT2D eigenvalue weighted by atomic mass is 9.60. The molecule has 0 unspecified atom stereocenters. The van der Waals surface area contributed by atoms with Gasteiger partial charge in [-0.1, -0.05) is 24.3 Å². The Labute approximate surface area is 130 Å². The van der Waals surface area contributed by atoms with E-state index in [2.05, 4.69) is 24.3 Å². The van der Waals surface area contributed by atoms with Crippen LogP contribution in [0.15, 0.2) is 24.3 Å². The van der Waals surface area contributed by atoms with E-state index >= 15 is 0 Å². The highest BCUT2D eigenvalue weighted by atomic mass is 16.1. The third-order valence-corrected chi connectivity index (χ3v) is 9.00. The van der Waals surface area contributed by atoms with E-state index in [1.807, 2.05) is 0 Å². The van der Waals surface area contributed by atoms with Crippen molar-refractivity contribution in [1.29, 1.82) is 0 Å². The zero-order chi connectivity index (χ0) is 14.4. The largest absolute Gasteiger partial charge is 0.299 e. The van der Waals surface area contributed by atoms with Crippen LogP contribution in [-0.4, -0.2) is 11.6 Å². The second-order valence-electron chi connectivity index (χ2n) is 9.25. The van der Waals surface area contributed by atoms with Gasteiger partial charge in [-0.25, -0.2) is 0 Å². The maximum Gasteiger partial charge on any atom is 0.141 e. The lowest BCUT2D eigenvalue weighted by Crippen LogP contribution is -2.50. The molecule has 4 bridgehead atoms. The number of hydrogen-bond acceptors (Lipinski definition) is 2. The van der Waals surface area contributed by atoms with E-state index in [1.165, 1.54) is 25.7 Å². The molecule has 0 N–H and O–H groups in total. The zero-order valence-electron chi connectivity index (χ0n) is 12.6. The molecule has 0 aromatic heterocycles. The number of allylic oxidation sites excluding steroid dienone is 4. The SMILES string of the molecule is O=C1[C@@H]2[C@H](C(=O)[C@@H]3[C@H]1[C@H]1C=C[C@H]3C13CC3)[C@H]1C=C[C@H]2C12CC2. The molecule has 8 atom stereocenters. The Kier molecular flexibility index (Phi) is 1.52. The minimum Gasteiger partial charge on any atom is -0.299 e. The van der Waals surface area contributed by atoms with Gasteiger partial charge in [-0.15, -0.1) is 0 Å². The third kappa shape index (κ3) is 0.871. The van der Waals surface area contributed by atoms with Crippen LogP contribution in [0, 0.1) is 58.2 Å². The van der Waals surface area contributed by atoms with Crippen molar-refractivity contribution in [2.24, 2.45) is 58.2 Å². The van der Waals surface area contributed by atoms with E-state index < -0.39 is 0 Å². The number of hydrogen-bond donors (Lipinski definition) is 0. The second kappa shape index (κ2) is 2.95. The van der Waals surface area contributed by atoms with Crippen molar-refractivity contribution < 1.29 is 9.59 Å². The van der Waals surface area contributed by atoms with Crippen LogP contribution in [0.3, 0.4) is 0 Å². The number of Topliss-reactive ketones (excluding diaryl/α,β-unsaturated/α-hetero) is 2. The van der Waals surface area contributed by atoms with Crippen LogP contribution in [0.1, 0.15) is 25.7 Å². The van der Waals surface area contributed by atoms with Gasteiger partial charge in [0.2, 0.25) is 0 Å². The molecule has 5 fully saturated rings. The minimum absolute atomic E-state index is 0.0507. The van der Waals surface area contributed by atoms with Crippen molar-refractivity contribution in [3.05, 3.63) is 24.3 Å². The second-order valence-corrected chi connectivity index (χ2v) is 9.25. The van der Waals surface area contributed by atoms with Gasteiger partial charge in [0.1, 0.15) is 11.6 Å². The van der Waals surface area contributed by atoms with E-state index in [0.717, 1.165) is 0 Å². The summed E-state index contributed by atoms with van der Waals surface area (Å²) in [6, 6.07) is 0. The summed E-state index contributed by atoms with van der Waals surface area (Å²) in [5.41, 5.74) is 0.673. The lowest BCUT2D eigenvalue weighted by molar-refractivity contribution is -0.148. The minimum atomic E-state index is 0.0507. The van der Waals surface area contributed by atoms with Crippen LogP contribution in [-0.2, 0) is 9.59 Å². The van der Waals surface area contributed by atoms with Gasteiger partial charge < -0.3 is 0 Å². The number of fused-ring (bicyclic) bond motifs is 6. The molecule has 0 saturated heterocycles. The van der Waals surface area contributed by atoms with Crippen molar-refractivity contribution in [3.63, 3.8) is 0 Å². The zero-order valence-corrected chi connectivity index (χ0v) is 12.6. The molecule has 0 aromatic rings.